The maximum absolute atomic E-state index is 12.9. The van der Waals surface area contributed by atoms with Gasteiger partial charge in [-0.2, -0.15) is 4.98 Å². The van der Waals surface area contributed by atoms with Crippen LogP contribution >= 0.6 is 22.6 Å². The Bertz CT molecular complexity index is 975. The predicted octanol–water partition coefficient (Wildman–Crippen LogP) is 3.59. The van der Waals surface area contributed by atoms with Crippen molar-refractivity contribution in [2.24, 2.45) is 0 Å². The minimum absolute atomic E-state index is 0.0123. The topological polar surface area (TPSA) is 94.3 Å². The number of nitrogens with zero attached hydrogens (tertiary/aromatic N) is 2. The minimum Gasteiger partial charge on any atom is -0.456 e. The first-order valence-corrected chi connectivity index (χ1v) is 9.37. The molecule has 0 aliphatic heterocycles. The highest BCUT2D eigenvalue weighted by Crippen LogP contribution is 2.17. The van der Waals surface area contributed by atoms with Gasteiger partial charge in [-0.3, -0.25) is 9.59 Å². The fraction of sp³-hybridized carbons (Fsp3) is 0.158. The second-order valence-corrected chi connectivity index (χ2v) is 6.98. The fourth-order valence-electron chi connectivity index (χ4n) is 2.26. The maximum Gasteiger partial charge on any atom is 0.306 e. The zero-order valence-electron chi connectivity index (χ0n) is 14.5. The molecular formula is C19H15FIN3O4. The maximum atomic E-state index is 12.9. The molecule has 1 aromatic heterocycles. The van der Waals surface area contributed by atoms with E-state index in [1.165, 1.54) is 24.3 Å². The van der Waals surface area contributed by atoms with E-state index in [1.54, 1.807) is 12.1 Å². The van der Waals surface area contributed by atoms with E-state index >= 15 is 0 Å². The molecule has 1 amide bonds. The lowest BCUT2D eigenvalue weighted by Crippen LogP contribution is -2.21. The van der Waals surface area contributed by atoms with Crippen LogP contribution in [0.4, 0.5) is 10.1 Å². The van der Waals surface area contributed by atoms with Crippen molar-refractivity contribution in [3.8, 4) is 11.4 Å². The highest BCUT2D eigenvalue weighted by Gasteiger charge is 2.13. The summed E-state index contributed by atoms with van der Waals surface area (Å²) >= 11 is 2.13. The van der Waals surface area contributed by atoms with Crippen LogP contribution in [0.5, 0.6) is 0 Å². The number of hydrogen-bond donors (Lipinski definition) is 1. The largest absolute Gasteiger partial charge is 0.456 e. The monoisotopic (exact) mass is 495 g/mol. The van der Waals surface area contributed by atoms with Gasteiger partial charge >= 0.3 is 5.97 Å². The number of aryl methyl sites for hydroxylation is 1. The van der Waals surface area contributed by atoms with Gasteiger partial charge in [-0.15, -0.1) is 0 Å². The van der Waals surface area contributed by atoms with Gasteiger partial charge in [-0.05, 0) is 65.1 Å². The first-order chi connectivity index (χ1) is 13.5. The Morgan fingerprint density at radius 1 is 1.18 bits per heavy atom. The predicted molar refractivity (Wildman–Crippen MR) is 107 cm³/mol. The summed E-state index contributed by atoms with van der Waals surface area (Å²) in [6.07, 6.45) is 0.160. The van der Waals surface area contributed by atoms with Gasteiger partial charge in [-0.1, -0.05) is 11.2 Å². The van der Waals surface area contributed by atoms with E-state index in [4.69, 9.17) is 9.26 Å². The Morgan fingerprint density at radius 2 is 1.96 bits per heavy atom. The number of halogens is 2. The molecule has 1 N–H and O–H groups in total. The molecule has 144 valence electrons. The Hall–Kier alpha value is -2.82. The summed E-state index contributed by atoms with van der Waals surface area (Å²) in [5, 5.41) is 6.45. The number of hydrogen-bond acceptors (Lipinski definition) is 6. The third-order valence-corrected chi connectivity index (χ3v) is 4.26. The number of anilines is 1. The molecule has 3 aromatic rings. The Labute approximate surface area is 173 Å². The lowest BCUT2D eigenvalue weighted by molar-refractivity contribution is -0.147. The van der Waals surface area contributed by atoms with Gasteiger partial charge in [0, 0.05) is 21.2 Å². The van der Waals surface area contributed by atoms with Crippen LogP contribution in [-0.2, 0) is 20.7 Å². The molecule has 0 bridgehead atoms. The number of aromatic nitrogens is 2. The van der Waals surface area contributed by atoms with Crippen LogP contribution in [0.15, 0.2) is 53.1 Å². The van der Waals surface area contributed by atoms with E-state index in [2.05, 4.69) is 38.0 Å². The van der Waals surface area contributed by atoms with Crippen LogP contribution in [0.25, 0.3) is 11.4 Å². The molecule has 0 unspecified atom stereocenters. The first-order valence-electron chi connectivity index (χ1n) is 8.29. The summed E-state index contributed by atoms with van der Waals surface area (Å²) in [5.74, 6) is -0.785. The van der Waals surface area contributed by atoms with E-state index in [-0.39, 0.29) is 31.2 Å². The number of carbonyl (C=O) groups excluding carboxylic acids is 2. The number of nitrogens with one attached hydrogen (secondary N) is 1. The van der Waals surface area contributed by atoms with Crippen LogP contribution in [0.2, 0.25) is 0 Å². The molecule has 0 radical (unpaired) electrons. The smallest absolute Gasteiger partial charge is 0.306 e. The van der Waals surface area contributed by atoms with E-state index < -0.39 is 11.9 Å². The van der Waals surface area contributed by atoms with Gasteiger partial charge in [-0.25, -0.2) is 4.39 Å². The van der Waals surface area contributed by atoms with Crippen molar-refractivity contribution in [1.29, 1.82) is 0 Å². The van der Waals surface area contributed by atoms with Crippen molar-refractivity contribution in [2.75, 3.05) is 11.9 Å². The molecule has 9 heteroatoms. The van der Waals surface area contributed by atoms with Crippen LogP contribution < -0.4 is 5.32 Å². The molecule has 0 aliphatic carbocycles. The molecule has 28 heavy (non-hydrogen) atoms. The number of carbonyl (C=O) groups is 2. The summed E-state index contributed by atoms with van der Waals surface area (Å²) in [5.41, 5.74) is 1.23. The van der Waals surface area contributed by atoms with Gasteiger partial charge < -0.3 is 14.6 Å². The van der Waals surface area contributed by atoms with Crippen molar-refractivity contribution in [2.45, 2.75) is 12.8 Å². The molecule has 0 saturated heterocycles. The molecule has 0 fully saturated rings. The Balaban J connectivity index is 1.43. The molecule has 1 heterocycles. The highest BCUT2D eigenvalue weighted by molar-refractivity contribution is 14.1. The van der Waals surface area contributed by atoms with Crippen molar-refractivity contribution >= 4 is 40.2 Å². The van der Waals surface area contributed by atoms with E-state index in [1.807, 2.05) is 12.1 Å². The van der Waals surface area contributed by atoms with Gasteiger partial charge in [0.05, 0.1) is 6.42 Å². The minimum atomic E-state index is -0.556. The molecule has 3 rings (SSSR count). The number of rotatable bonds is 7. The summed E-state index contributed by atoms with van der Waals surface area (Å²) in [6.45, 7) is -0.380. The molecule has 2 aromatic carbocycles. The molecule has 0 atom stereocenters. The molecule has 7 nitrogen and oxygen atoms in total. The van der Waals surface area contributed by atoms with Crippen LogP contribution in [0.1, 0.15) is 12.3 Å². The summed E-state index contributed by atoms with van der Waals surface area (Å²) in [4.78, 5) is 27.8. The van der Waals surface area contributed by atoms with Crippen molar-refractivity contribution in [3.05, 3.63) is 63.8 Å². The van der Waals surface area contributed by atoms with Crippen LogP contribution in [0.3, 0.4) is 0 Å². The molecule has 0 aliphatic rings. The molecular weight excluding hydrogens is 480 g/mol. The average molecular weight is 495 g/mol. The van der Waals surface area contributed by atoms with Gasteiger partial charge in [0.2, 0.25) is 11.7 Å². The molecule has 0 saturated carbocycles. The molecule has 0 spiro atoms. The highest BCUT2D eigenvalue weighted by atomic mass is 127. The Morgan fingerprint density at radius 3 is 2.71 bits per heavy atom. The average Bonchev–Trinajstić information content (AvgIpc) is 3.14. The summed E-state index contributed by atoms with van der Waals surface area (Å²) in [6, 6.07) is 12.9. The second kappa shape index (κ2) is 9.40. The Kier molecular flexibility index (Phi) is 6.69. The van der Waals surface area contributed by atoms with Crippen molar-refractivity contribution in [3.63, 3.8) is 0 Å². The van der Waals surface area contributed by atoms with E-state index in [0.717, 1.165) is 3.57 Å². The van der Waals surface area contributed by atoms with Crippen molar-refractivity contribution < 1.29 is 23.2 Å². The van der Waals surface area contributed by atoms with E-state index in [0.29, 0.717) is 17.1 Å². The van der Waals surface area contributed by atoms with Crippen molar-refractivity contribution in [1.82, 2.24) is 10.1 Å². The lowest BCUT2D eigenvalue weighted by Gasteiger charge is -2.06. The third kappa shape index (κ3) is 5.84. The SMILES string of the molecule is O=C(COC(=O)CCc1nc(-c2ccc(F)cc2)no1)Nc1cccc(I)c1. The summed E-state index contributed by atoms with van der Waals surface area (Å²) in [7, 11) is 0. The first kappa shape index (κ1) is 19.9. The summed E-state index contributed by atoms with van der Waals surface area (Å²) < 4.78 is 23.9. The lowest BCUT2D eigenvalue weighted by atomic mass is 10.2. The normalized spacial score (nSPS) is 10.5. The van der Waals surface area contributed by atoms with Gasteiger partial charge in [0.1, 0.15) is 5.82 Å². The fourth-order valence-corrected chi connectivity index (χ4v) is 2.81. The second-order valence-electron chi connectivity index (χ2n) is 5.74. The third-order valence-electron chi connectivity index (χ3n) is 3.59. The number of amides is 1. The number of benzene rings is 2. The van der Waals surface area contributed by atoms with E-state index in [9.17, 15) is 14.0 Å². The quantitative estimate of drug-likeness (QED) is 0.398. The number of ether oxygens (including phenoxy) is 1. The van der Waals surface area contributed by atoms with Crippen LogP contribution in [0, 0.1) is 9.39 Å². The standard InChI is InChI=1S/C19H15FIN3O4/c20-13-6-4-12(5-7-13)19-23-17(28-24-19)8-9-18(26)27-11-16(25)22-15-3-1-2-14(21)10-15/h1-7,10H,8-9,11H2,(H,22,25). The van der Waals surface area contributed by atoms with Gasteiger partial charge in [0.25, 0.3) is 5.91 Å². The van der Waals surface area contributed by atoms with Gasteiger partial charge in [0.15, 0.2) is 6.61 Å². The van der Waals surface area contributed by atoms with Crippen LogP contribution in [-0.4, -0.2) is 28.6 Å². The number of esters is 1. The zero-order valence-corrected chi connectivity index (χ0v) is 16.7. The zero-order chi connectivity index (χ0) is 19.9.